The molecule has 0 aliphatic carbocycles. The fourth-order valence-corrected chi connectivity index (χ4v) is 3.97. The summed E-state index contributed by atoms with van der Waals surface area (Å²) in [6, 6.07) is 12.4. The van der Waals surface area contributed by atoms with Crippen LogP contribution in [0.2, 0.25) is 5.02 Å². The number of imidazole rings is 1. The summed E-state index contributed by atoms with van der Waals surface area (Å²) >= 11 is 5.98. The maximum atomic E-state index is 12.7. The Morgan fingerprint density at radius 1 is 1.07 bits per heavy atom. The molecule has 0 bridgehead atoms. The van der Waals surface area contributed by atoms with Crippen LogP contribution in [0.15, 0.2) is 63.9 Å². The highest BCUT2D eigenvalue weighted by Crippen LogP contribution is 2.33. The van der Waals surface area contributed by atoms with E-state index in [9.17, 15) is 21.6 Å². The van der Waals surface area contributed by atoms with Gasteiger partial charge < -0.3 is 9.40 Å². The van der Waals surface area contributed by atoms with Crippen molar-refractivity contribution < 1.29 is 26.0 Å². The van der Waals surface area contributed by atoms with Crippen LogP contribution < -0.4 is 4.72 Å². The number of fused-ring (bicyclic) bond motifs is 1. The summed E-state index contributed by atoms with van der Waals surface area (Å²) in [4.78, 5) is 6.86. The largest absolute Gasteiger partial charge is 0.449 e. The van der Waals surface area contributed by atoms with Crippen LogP contribution >= 0.6 is 11.6 Å². The minimum absolute atomic E-state index is 0.0455. The first kappa shape index (κ1) is 19.3. The smallest absolute Gasteiger partial charge is 0.448 e. The van der Waals surface area contributed by atoms with E-state index in [0.717, 1.165) is 12.1 Å². The first-order valence-corrected chi connectivity index (χ1v) is 9.94. The molecule has 0 amide bonds. The molecule has 0 aliphatic rings. The monoisotopic (exact) mass is 441 g/mol. The molecule has 0 saturated carbocycles. The fourth-order valence-electron chi connectivity index (χ4n) is 2.63. The van der Waals surface area contributed by atoms with E-state index in [2.05, 4.69) is 14.7 Å². The van der Waals surface area contributed by atoms with Crippen LogP contribution in [0.1, 0.15) is 5.76 Å². The number of para-hydroxylation sites is 1. The number of benzene rings is 2. The molecule has 0 radical (unpaired) electrons. The minimum Gasteiger partial charge on any atom is -0.448 e. The molecule has 2 aromatic heterocycles. The van der Waals surface area contributed by atoms with Crippen molar-refractivity contribution in [2.75, 3.05) is 4.72 Å². The lowest BCUT2D eigenvalue weighted by atomic mass is 10.3. The Hall–Kier alpha value is -2.98. The maximum absolute atomic E-state index is 12.7. The summed E-state index contributed by atoms with van der Waals surface area (Å²) < 4.78 is 70.6. The normalized spacial score (nSPS) is 12.4. The van der Waals surface area contributed by atoms with E-state index in [1.165, 1.54) is 24.3 Å². The molecule has 2 N–H and O–H groups in total. The quantitative estimate of drug-likeness (QED) is 0.450. The number of halogens is 4. The van der Waals surface area contributed by atoms with E-state index in [1.54, 1.807) is 18.2 Å². The third kappa shape index (κ3) is 3.81. The topological polar surface area (TPSA) is 88.0 Å². The van der Waals surface area contributed by atoms with Gasteiger partial charge in [-0.2, -0.15) is 13.2 Å². The molecule has 6 nitrogen and oxygen atoms in total. The Morgan fingerprint density at radius 2 is 1.83 bits per heavy atom. The van der Waals surface area contributed by atoms with Crippen LogP contribution in [0.25, 0.3) is 22.6 Å². The van der Waals surface area contributed by atoms with Gasteiger partial charge in [-0.25, -0.2) is 13.4 Å². The van der Waals surface area contributed by atoms with E-state index < -0.39 is 22.0 Å². The molecule has 29 heavy (non-hydrogen) atoms. The lowest BCUT2D eigenvalue weighted by molar-refractivity contribution is -0.152. The Labute approximate surface area is 167 Å². The van der Waals surface area contributed by atoms with Crippen LogP contribution in [-0.4, -0.2) is 18.4 Å². The third-order valence-corrected chi connectivity index (χ3v) is 5.69. The zero-order chi connectivity index (χ0) is 20.8. The number of rotatable bonds is 4. The second-order valence-corrected chi connectivity index (χ2v) is 8.10. The van der Waals surface area contributed by atoms with Crippen LogP contribution in [0, 0.1) is 0 Å². The average molecular weight is 442 g/mol. The molecule has 0 unspecified atom stereocenters. The van der Waals surface area contributed by atoms with E-state index >= 15 is 0 Å². The average Bonchev–Trinajstić information content (AvgIpc) is 3.29. The number of nitrogens with one attached hydrogen (secondary N) is 2. The summed E-state index contributed by atoms with van der Waals surface area (Å²) in [5.41, 5.74) is 0.890. The SMILES string of the molecule is O=S(=O)(Nc1ccccc1Cl)c1ccc2[nH]c(-c3ccc(C(F)(F)F)o3)nc2c1. The van der Waals surface area contributed by atoms with Gasteiger partial charge in [-0.3, -0.25) is 4.72 Å². The van der Waals surface area contributed by atoms with Gasteiger partial charge in [-0.15, -0.1) is 0 Å². The van der Waals surface area contributed by atoms with Gasteiger partial charge in [0.05, 0.1) is 26.6 Å². The lowest BCUT2D eigenvalue weighted by Gasteiger charge is -2.09. The zero-order valence-electron chi connectivity index (χ0n) is 14.3. The van der Waals surface area contributed by atoms with Crippen molar-refractivity contribution in [2.24, 2.45) is 0 Å². The molecular formula is C18H11ClF3N3O3S. The van der Waals surface area contributed by atoms with Crippen LogP contribution in [0.3, 0.4) is 0 Å². The van der Waals surface area contributed by atoms with Gasteiger partial charge >= 0.3 is 6.18 Å². The van der Waals surface area contributed by atoms with Crippen molar-refractivity contribution in [1.82, 2.24) is 9.97 Å². The van der Waals surface area contributed by atoms with Crippen LogP contribution in [0.5, 0.6) is 0 Å². The number of anilines is 1. The molecule has 2 heterocycles. The van der Waals surface area contributed by atoms with Gasteiger partial charge in [0.15, 0.2) is 11.6 Å². The molecule has 2 aromatic carbocycles. The summed E-state index contributed by atoms with van der Waals surface area (Å²) in [6.45, 7) is 0. The Morgan fingerprint density at radius 3 is 2.52 bits per heavy atom. The molecule has 0 atom stereocenters. The number of nitrogens with zero attached hydrogens (tertiary/aromatic N) is 1. The van der Waals surface area contributed by atoms with Crippen molar-refractivity contribution in [3.63, 3.8) is 0 Å². The predicted octanol–water partition coefficient (Wildman–Crippen LogP) is 5.30. The molecule has 0 aliphatic heterocycles. The number of furan rings is 1. The summed E-state index contributed by atoms with van der Waals surface area (Å²) in [5.74, 6) is -1.23. The predicted molar refractivity (Wildman–Crippen MR) is 101 cm³/mol. The summed E-state index contributed by atoms with van der Waals surface area (Å²) in [5, 5.41) is 0.234. The second kappa shape index (κ2) is 6.82. The molecule has 4 aromatic rings. The molecule has 11 heteroatoms. The summed E-state index contributed by atoms with van der Waals surface area (Å²) in [7, 11) is -3.96. The van der Waals surface area contributed by atoms with Gasteiger partial charge in [0.1, 0.15) is 0 Å². The summed E-state index contributed by atoms with van der Waals surface area (Å²) in [6.07, 6.45) is -4.62. The van der Waals surface area contributed by atoms with Gasteiger partial charge in [0.2, 0.25) is 5.76 Å². The number of sulfonamides is 1. The van der Waals surface area contributed by atoms with Crippen molar-refractivity contribution in [3.05, 3.63) is 65.4 Å². The first-order valence-electron chi connectivity index (χ1n) is 8.08. The van der Waals surface area contributed by atoms with Crippen molar-refractivity contribution in [2.45, 2.75) is 11.1 Å². The number of hydrogen-bond donors (Lipinski definition) is 2. The van der Waals surface area contributed by atoms with E-state index in [-0.39, 0.29) is 32.7 Å². The lowest BCUT2D eigenvalue weighted by Crippen LogP contribution is -2.13. The van der Waals surface area contributed by atoms with Crippen LogP contribution in [-0.2, 0) is 16.2 Å². The van der Waals surface area contributed by atoms with Crippen LogP contribution in [0.4, 0.5) is 18.9 Å². The number of alkyl halides is 3. The molecule has 150 valence electrons. The Kier molecular flexibility index (Phi) is 4.55. The van der Waals surface area contributed by atoms with E-state index in [0.29, 0.717) is 5.52 Å². The number of aromatic nitrogens is 2. The highest BCUT2D eigenvalue weighted by atomic mass is 35.5. The molecule has 0 spiro atoms. The highest BCUT2D eigenvalue weighted by molar-refractivity contribution is 7.92. The van der Waals surface area contributed by atoms with Crippen molar-refractivity contribution >= 4 is 38.3 Å². The van der Waals surface area contributed by atoms with Gasteiger partial charge in [-0.05, 0) is 42.5 Å². The van der Waals surface area contributed by atoms with Crippen molar-refractivity contribution in [3.8, 4) is 11.6 Å². The van der Waals surface area contributed by atoms with Gasteiger partial charge in [0.25, 0.3) is 10.0 Å². The van der Waals surface area contributed by atoms with Gasteiger partial charge in [-0.1, -0.05) is 23.7 Å². The minimum atomic E-state index is -4.62. The molecule has 4 rings (SSSR count). The number of aromatic amines is 1. The number of hydrogen-bond acceptors (Lipinski definition) is 4. The Bertz CT molecular complexity index is 1310. The second-order valence-electron chi connectivity index (χ2n) is 6.01. The Balaban J connectivity index is 1.68. The van der Waals surface area contributed by atoms with Gasteiger partial charge in [0, 0.05) is 0 Å². The first-order chi connectivity index (χ1) is 13.6. The third-order valence-electron chi connectivity index (χ3n) is 4.00. The number of H-pyrrole nitrogens is 1. The molecular weight excluding hydrogens is 431 g/mol. The molecule has 0 fully saturated rings. The highest BCUT2D eigenvalue weighted by Gasteiger charge is 2.35. The maximum Gasteiger partial charge on any atom is 0.449 e. The van der Waals surface area contributed by atoms with Crippen molar-refractivity contribution in [1.29, 1.82) is 0 Å². The zero-order valence-corrected chi connectivity index (χ0v) is 15.9. The standard InChI is InChI=1S/C18H11ClF3N3O3S/c19-11-3-1-2-4-12(11)25-29(26,27)10-5-6-13-14(9-10)24-17(23-13)15-7-8-16(28-15)18(20,21)22/h1-9,25H,(H,23,24). The molecule has 0 saturated heterocycles. The van der Waals surface area contributed by atoms with E-state index in [4.69, 9.17) is 16.0 Å². The van der Waals surface area contributed by atoms with E-state index in [1.807, 2.05) is 0 Å². The fraction of sp³-hybridized carbons (Fsp3) is 0.0556.